The molecule has 19 heavy (non-hydrogen) atoms. The highest BCUT2D eigenvalue weighted by Crippen LogP contribution is 2.20. The summed E-state index contributed by atoms with van der Waals surface area (Å²) in [6.45, 7) is 4.79. The molecule has 0 saturated carbocycles. The number of hydrogen-bond donors (Lipinski definition) is 2. The van der Waals surface area contributed by atoms with Crippen LogP contribution in [-0.2, 0) is 9.59 Å². The largest absolute Gasteiger partial charge is 0.480 e. The van der Waals surface area contributed by atoms with Gasteiger partial charge in [0.1, 0.15) is 6.04 Å². The highest BCUT2D eigenvalue weighted by atomic mass is 32.2. The Morgan fingerprint density at radius 1 is 1.37 bits per heavy atom. The van der Waals surface area contributed by atoms with Gasteiger partial charge in [0.15, 0.2) is 0 Å². The lowest BCUT2D eigenvalue weighted by atomic mass is 10.3. The Morgan fingerprint density at radius 2 is 2.00 bits per heavy atom. The number of carbonyl (C=O) groups is 3. The highest BCUT2D eigenvalue weighted by molar-refractivity contribution is 7.99. The first kappa shape index (κ1) is 15.6. The number of carbonyl (C=O) groups excluding carboxylic acids is 2. The number of carboxylic acid groups (broad SMARTS) is 1. The van der Waals surface area contributed by atoms with Crippen LogP contribution in [0.2, 0.25) is 0 Å². The van der Waals surface area contributed by atoms with Crippen molar-refractivity contribution in [2.24, 2.45) is 0 Å². The minimum atomic E-state index is -1.02. The quantitative estimate of drug-likeness (QED) is 0.745. The predicted octanol–water partition coefficient (Wildman–Crippen LogP) is 0.0239. The average molecular weight is 289 g/mol. The van der Waals surface area contributed by atoms with Crippen LogP contribution in [0.15, 0.2) is 0 Å². The van der Waals surface area contributed by atoms with Gasteiger partial charge in [0.25, 0.3) is 0 Å². The minimum absolute atomic E-state index is 0.103. The summed E-state index contributed by atoms with van der Waals surface area (Å²) < 4.78 is 0. The molecule has 0 radical (unpaired) electrons. The van der Waals surface area contributed by atoms with Gasteiger partial charge < -0.3 is 20.2 Å². The van der Waals surface area contributed by atoms with Crippen molar-refractivity contribution in [2.75, 3.05) is 31.3 Å². The minimum Gasteiger partial charge on any atom is -0.480 e. The summed E-state index contributed by atoms with van der Waals surface area (Å²) in [7, 11) is 0. The Balaban J connectivity index is 2.47. The van der Waals surface area contributed by atoms with Crippen molar-refractivity contribution < 1.29 is 19.5 Å². The molecule has 3 amide bonds. The van der Waals surface area contributed by atoms with Gasteiger partial charge in [-0.3, -0.25) is 4.79 Å². The van der Waals surface area contributed by atoms with Crippen LogP contribution in [0.5, 0.6) is 0 Å². The monoisotopic (exact) mass is 289 g/mol. The lowest BCUT2D eigenvalue weighted by Gasteiger charge is -2.22. The third-order valence-electron chi connectivity index (χ3n) is 2.94. The van der Waals surface area contributed by atoms with E-state index in [2.05, 4.69) is 5.32 Å². The van der Waals surface area contributed by atoms with Gasteiger partial charge in [0, 0.05) is 18.8 Å². The van der Waals surface area contributed by atoms with Gasteiger partial charge in [0.05, 0.1) is 12.4 Å². The fourth-order valence-electron chi connectivity index (χ4n) is 1.79. The maximum absolute atomic E-state index is 11.8. The van der Waals surface area contributed by atoms with Crippen molar-refractivity contribution in [3.8, 4) is 0 Å². The number of rotatable bonds is 5. The number of nitrogens with one attached hydrogen (secondary N) is 1. The lowest BCUT2D eigenvalue weighted by molar-refractivity contribution is -0.140. The third-order valence-corrected chi connectivity index (χ3v) is 3.95. The number of aliphatic carboxylic acids is 1. The van der Waals surface area contributed by atoms with Crippen molar-refractivity contribution >= 4 is 29.7 Å². The normalized spacial score (nSPS) is 18.2. The molecule has 1 saturated heterocycles. The number of urea groups is 1. The first-order valence-corrected chi connectivity index (χ1v) is 7.29. The summed E-state index contributed by atoms with van der Waals surface area (Å²) in [6, 6.07) is -1.31. The van der Waals surface area contributed by atoms with Crippen LogP contribution in [0, 0.1) is 0 Å². The average Bonchev–Trinajstić information content (AvgIpc) is 2.86. The van der Waals surface area contributed by atoms with E-state index in [1.165, 1.54) is 16.7 Å². The van der Waals surface area contributed by atoms with Gasteiger partial charge in [-0.25, -0.2) is 9.59 Å². The SMILES string of the molecule is CCN(CC)C(=O)CNC(=O)N1CSCC1C(=O)O. The molecule has 0 aliphatic carbocycles. The molecular formula is C11H19N3O4S. The first-order valence-electron chi connectivity index (χ1n) is 6.14. The molecule has 2 N–H and O–H groups in total. The summed E-state index contributed by atoms with van der Waals surface area (Å²) >= 11 is 1.39. The van der Waals surface area contributed by atoms with Crippen LogP contribution in [-0.4, -0.2) is 70.1 Å². The van der Waals surface area contributed by atoms with Gasteiger partial charge in [-0.05, 0) is 13.8 Å². The number of amides is 3. The van der Waals surface area contributed by atoms with E-state index in [1.54, 1.807) is 4.90 Å². The summed E-state index contributed by atoms with van der Waals surface area (Å²) in [5, 5.41) is 11.4. The zero-order valence-electron chi connectivity index (χ0n) is 11.1. The second kappa shape index (κ2) is 7.22. The van der Waals surface area contributed by atoms with E-state index in [0.717, 1.165) is 0 Å². The van der Waals surface area contributed by atoms with Gasteiger partial charge in [0.2, 0.25) is 5.91 Å². The van der Waals surface area contributed by atoms with Gasteiger partial charge in [-0.2, -0.15) is 0 Å². The van der Waals surface area contributed by atoms with Gasteiger partial charge in [-0.15, -0.1) is 11.8 Å². The maximum atomic E-state index is 11.8. The number of likely N-dealkylation sites (N-methyl/N-ethyl adjacent to an activating group) is 1. The van der Waals surface area contributed by atoms with Crippen LogP contribution in [0.4, 0.5) is 4.79 Å². The number of carboxylic acids is 1. The molecule has 1 aliphatic rings. The Labute approximate surface area is 116 Å². The maximum Gasteiger partial charge on any atom is 0.327 e. The molecule has 0 aromatic carbocycles. The van der Waals surface area contributed by atoms with Crippen LogP contribution in [0.1, 0.15) is 13.8 Å². The Kier molecular flexibility index (Phi) is 5.94. The molecule has 0 aromatic rings. The second-order valence-electron chi connectivity index (χ2n) is 4.05. The van der Waals surface area contributed by atoms with Crippen LogP contribution < -0.4 is 5.32 Å². The predicted molar refractivity (Wildman–Crippen MR) is 71.9 cm³/mol. The third kappa shape index (κ3) is 4.02. The number of thioether (sulfide) groups is 1. The van der Waals surface area contributed by atoms with Crippen molar-refractivity contribution in [3.63, 3.8) is 0 Å². The van der Waals surface area contributed by atoms with Crippen LogP contribution >= 0.6 is 11.8 Å². The van der Waals surface area contributed by atoms with Crippen LogP contribution in [0.25, 0.3) is 0 Å². The Hall–Kier alpha value is -1.44. The summed E-state index contributed by atoms with van der Waals surface area (Å²) in [5.41, 5.74) is 0. The molecule has 8 heteroatoms. The number of nitrogens with zero attached hydrogens (tertiary/aromatic N) is 2. The molecule has 1 unspecified atom stereocenters. The van der Waals surface area contributed by atoms with Crippen molar-refractivity contribution in [1.82, 2.24) is 15.1 Å². The fraction of sp³-hybridized carbons (Fsp3) is 0.727. The van der Waals surface area contributed by atoms with Gasteiger partial charge >= 0.3 is 12.0 Å². The van der Waals surface area contributed by atoms with Gasteiger partial charge in [-0.1, -0.05) is 0 Å². The highest BCUT2D eigenvalue weighted by Gasteiger charge is 2.34. The zero-order chi connectivity index (χ0) is 14.4. The molecule has 1 fully saturated rings. The molecule has 108 valence electrons. The Bertz CT molecular complexity index is 360. The molecule has 1 aliphatic heterocycles. The summed E-state index contributed by atoms with van der Waals surface area (Å²) in [5.74, 6) is -0.470. The zero-order valence-corrected chi connectivity index (χ0v) is 11.9. The summed E-state index contributed by atoms with van der Waals surface area (Å²) in [6.07, 6.45) is 0. The Morgan fingerprint density at radius 3 is 2.53 bits per heavy atom. The molecule has 1 rings (SSSR count). The molecule has 7 nitrogen and oxygen atoms in total. The van der Waals surface area contributed by atoms with Crippen molar-refractivity contribution in [1.29, 1.82) is 0 Å². The first-order chi connectivity index (χ1) is 9.01. The standard InChI is InChI=1S/C11H19N3O4S/c1-3-13(4-2)9(15)5-12-11(18)14-7-19-6-8(14)10(16)17/h8H,3-7H2,1-2H3,(H,12,18)(H,16,17). The molecule has 0 aromatic heterocycles. The topological polar surface area (TPSA) is 90.0 Å². The molecule has 0 bridgehead atoms. The van der Waals surface area contributed by atoms with E-state index in [9.17, 15) is 14.4 Å². The van der Waals surface area contributed by atoms with E-state index < -0.39 is 18.0 Å². The molecule has 1 heterocycles. The molecule has 0 spiro atoms. The fourth-order valence-corrected chi connectivity index (χ4v) is 2.93. The second-order valence-corrected chi connectivity index (χ2v) is 5.05. The van der Waals surface area contributed by atoms with E-state index in [-0.39, 0.29) is 12.5 Å². The number of hydrogen-bond acceptors (Lipinski definition) is 4. The smallest absolute Gasteiger partial charge is 0.327 e. The van der Waals surface area contributed by atoms with E-state index >= 15 is 0 Å². The molecule has 1 atom stereocenters. The van der Waals surface area contributed by atoms with E-state index in [4.69, 9.17) is 5.11 Å². The summed E-state index contributed by atoms with van der Waals surface area (Å²) in [4.78, 5) is 37.3. The van der Waals surface area contributed by atoms with E-state index in [0.29, 0.717) is 24.7 Å². The molecular weight excluding hydrogens is 270 g/mol. The van der Waals surface area contributed by atoms with E-state index in [1.807, 2.05) is 13.8 Å². The van der Waals surface area contributed by atoms with Crippen molar-refractivity contribution in [2.45, 2.75) is 19.9 Å². The van der Waals surface area contributed by atoms with Crippen LogP contribution in [0.3, 0.4) is 0 Å². The lowest BCUT2D eigenvalue weighted by Crippen LogP contribution is -2.49. The van der Waals surface area contributed by atoms with Crippen molar-refractivity contribution in [3.05, 3.63) is 0 Å².